The Hall–Kier alpha value is -3.15. The zero-order valence-corrected chi connectivity index (χ0v) is 14.9. The van der Waals surface area contributed by atoms with Gasteiger partial charge in [0.1, 0.15) is 0 Å². The SMILES string of the molecule is O=C(O)c1ccc2c(c1)CN(C(=O)c1cccc(N3CCCC3=O)c1)CC2. The fourth-order valence-corrected chi connectivity index (χ4v) is 3.77. The molecule has 2 heterocycles. The van der Waals surface area contributed by atoms with E-state index in [1.165, 1.54) is 0 Å². The van der Waals surface area contributed by atoms with Crippen molar-refractivity contribution in [3.8, 4) is 0 Å². The molecular weight excluding hydrogens is 344 g/mol. The second-order valence-corrected chi connectivity index (χ2v) is 6.96. The third kappa shape index (κ3) is 3.30. The quantitative estimate of drug-likeness (QED) is 0.908. The predicted molar refractivity (Wildman–Crippen MR) is 99.9 cm³/mol. The average molecular weight is 364 g/mol. The van der Waals surface area contributed by atoms with E-state index in [9.17, 15) is 19.5 Å². The first-order valence-corrected chi connectivity index (χ1v) is 9.08. The van der Waals surface area contributed by atoms with Crippen LogP contribution in [0, 0.1) is 0 Å². The maximum atomic E-state index is 13.0. The molecule has 2 aliphatic heterocycles. The molecule has 1 saturated heterocycles. The van der Waals surface area contributed by atoms with Crippen molar-refractivity contribution in [2.45, 2.75) is 25.8 Å². The smallest absolute Gasteiger partial charge is 0.335 e. The lowest BCUT2D eigenvalue weighted by atomic mass is 9.97. The molecule has 27 heavy (non-hydrogen) atoms. The Labute approximate surface area is 157 Å². The lowest BCUT2D eigenvalue weighted by molar-refractivity contribution is -0.117. The molecule has 2 aromatic rings. The summed E-state index contributed by atoms with van der Waals surface area (Å²) in [7, 11) is 0. The number of hydrogen-bond donors (Lipinski definition) is 1. The second kappa shape index (κ2) is 6.87. The van der Waals surface area contributed by atoms with Crippen molar-refractivity contribution in [1.82, 2.24) is 4.90 Å². The largest absolute Gasteiger partial charge is 0.478 e. The van der Waals surface area contributed by atoms with Crippen LogP contribution in [0.1, 0.15) is 44.7 Å². The number of aromatic carboxylic acids is 1. The van der Waals surface area contributed by atoms with Crippen LogP contribution in [-0.2, 0) is 17.8 Å². The summed E-state index contributed by atoms with van der Waals surface area (Å²) in [5, 5.41) is 9.18. The van der Waals surface area contributed by atoms with Crippen LogP contribution in [-0.4, -0.2) is 40.9 Å². The summed E-state index contributed by atoms with van der Waals surface area (Å²) in [4.78, 5) is 39.6. The maximum Gasteiger partial charge on any atom is 0.335 e. The Kier molecular flexibility index (Phi) is 4.39. The van der Waals surface area contributed by atoms with Gasteiger partial charge in [0.25, 0.3) is 5.91 Å². The Balaban J connectivity index is 1.56. The summed E-state index contributed by atoms with van der Waals surface area (Å²) in [5.41, 5.74) is 3.50. The first kappa shape index (κ1) is 17.3. The highest BCUT2D eigenvalue weighted by atomic mass is 16.4. The van der Waals surface area contributed by atoms with E-state index < -0.39 is 5.97 Å². The molecule has 0 unspecified atom stereocenters. The van der Waals surface area contributed by atoms with Gasteiger partial charge in [-0.05, 0) is 54.3 Å². The normalized spacial score (nSPS) is 16.4. The third-order valence-corrected chi connectivity index (χ3v) is 5.23. The highest BCUT2D eigenvalue weighted by molar-refractivity contribution is 5.99. The monoisotopic (exact) mass is 364 g/mol. The fraction of sp³-hybridized carbons (Fsp3) is 0.286. The molecule has 2 aliphatic rings. The van der Waals surface area contributed by atoms with Crippen molar-refractivity contribution in [2.24, 2.45) is 0 Å². The highest BCUT2D eigenvalue weighted by Crippen LogP contribution is 2.25. The van der Waals surface area contributed by atoms with E-state index >= 15 is 0 Å². The van der Waals surface area contributed by atoms with Crippen molar-refractivity contribution < 1.29 is 19.5 Å². The molecule has 2 amide bonds. The Morgan fingerprint density at radius 2 is 1.78 bits per heavy atom. The molecule has 0 saturated carbocycles. The molecule has 0 aliphatic carbocycles. The highest BCUT2D eigenvalue weighted by Gasteiger charge is 2.25. The molecular formula is C21H20N2O4. The van der Waals surface area contributed by atoms with Gasteiger partial charge < -0.3 is 14.9 Å². The fourth-order valence-electron chi connectivity index (χ4n) is 3.77. The molecule has 4 rings (SSSR count). The van der Waals surface area contributed by atoms with Crippen LogP contribution >= 0.6 is 0 Å². The van der Waals surface area contributed by atoms with Gasteiger partial charge in [0.2, 0.25) is 5.91 Å². The van der Waals surface area contributed by atoms with E-state index in [1.54, 1.807) is 40.1 Å². The molecule has 0 spiro atoms. The van der Waals surface area contributed by atoms with E-state index in [0.717, 1.165) is 23.2 Å². The number of carbonyl (C=O) groups excluding carboxylic acids is 2. The number of benzene rings is 2. The molecule has 1 fully saturated rings. The number of fused-ring (bicyclic) bond motifs is 1. The number of hydrogen-bond acceptors (Lipinski definition) is 3. The molecule has 2 aromatic carbocycles. The number of carbonyl (C=O) groups is 3. The van der Waals surface area contributed by atoms with Gasteiger partial charge in [-0.2, -0.15) is 0 Å². The van der Waals surface area contributed by atoms with Gasteiger partial charge >= 0.3 is 5.97 Å². The molecule has 0 atom stereocenters. The zero-order chi connectivity index (χ0) is 19.0. The summed E-state index contributed by atoms with van der Waals surface area (Å²) in [6.45, 7) is 1.67. The molecule has 1 N–H and O–H groups in total. The standard InChI is InChI=1S/C21H20N2O4/c24-19-5-2-9-23(19)18-4-1-3-15(12-18)20(25)22-10-8-14-6-7-16(21(26)27)11-17(14)13-22/h1,3-4,6-7,11-12H,2,5,8-10,13H2,(H,26,27). The van der Waals surface area contributed by atoms with E-state index in [0.29, 0.717) is 38.0 Å². The maximum absolute atomic E-state index is 13.0. The number of anilines is 1. The minimum Gasteiger partial charge on any atom is -0.478 e. The van der Waals surface area contributed by atoms with Crippen LogP contribution < -0.4 is 4.90 Å². The Morgan fingerprint density at radius 3 is 2.52 bits per heavy atom. The second-order valence-electron chi connectivity index (χ2n) is 6.96. The van der Waals surface area contributed by atoms with Gasteiger partial charge in [-0.25, -0.2) is 4.79 Å². The minimum absolute atomic E-state index is 0.0905. The van der Waals surface area contributed by atoms with Crippen molar-refractivity contribution in [2.75, 3.05) is 18.0 Å². The van der Waals surface area contributed by atoms with Crippen molar-refractivity contribution in [1.29, 1.82) is 0 Å². The number of carboxylic acid groups (broad SMARTS) is 1. The van der Waals surface area contributed by atoms with Crippen molar-refractivity contribution in [3.05, 3.63) is 64.7 Å². The van der Waals surface area contributed by atoms with Gasteiger partial charge in [-0.1, -0.05) is 12.1 Å². The first-order chi connectivity index (χ1) is 13.0. The molecule has 6 heteroatoms. The number of amides is 2. The molecule has 0 aromatic heterocycles. The summed E-state index contributed by atoms with van der Waals surface area (Å²) >= 11 is 0. The zero-order valence-electron chi connectivity index (χ0n) is 14.9. The van der Waals surface area contributed by atoms with Gasteiger partial charge in [0, 0.05) is 37.3 Å². The van der Waals surface area contributed by atoms with Crippen molar-refractivity contribution in [3.63, 3.8) is 0 Å². The van der Waals surface area contributed by atoms with Crippen LogP contribution in [0.15, 0.2) is 42.5 Å². The Morgan fingerprint density at radius 1 is 0.926 bits per heavy atom. The summed E-state index contributed by atoms with van der Waals surface area (Å²) in [5.74, 6) is -0.980. The lowest BCUT2D eigenvalue weighted by Crippen LogP contribution is -2.36. The van der Waals surface area contributed by atoms with Crippen LogP contribution in [0.3, 0.4) is 0 Å². The van der Waals surface area contributed by atoms with E-state index in [1.807, 2.05) is 12.1 Å². The van der Waals surface area contributed by atoms with E-state index in [2.05, 4.69) is 0 Å². The van der Waals surface area contributed by atoms with Crippen LogP contribution in [0.2, 0.25) is 0 Å². The van der Waals surface area contributed by atoms with Gasteiger partial charge in [0.05, 0.1) is 5.56 Å². The molecule has 0 radical (unpaired) electrons. The summed E-state index contributed by atoms with van der Waals surface area (Å²) in [6.07, 6.45) is 2.09. The summed E-state index contributed by atoms with van der Waals surface area (Å²) < 4.78 is 0. The number of carboxylic acids is 1. The van der Waals surface area contributed by atoms with Crippen LogP contribution in [0.25, 0.3) is 0 Å². The third-order valence-electron chi connectivity index (χ3n) is 5.23. The van der Waals surface area contributed by atoms with Crippen molar-refractivity contribution >= 4 is 23.5 Å². The van der Waals surface area contributed by atoms with E-state index in [-0.39, 0.29) is 17.4 Å². The summed E-state index contributed by atoms with van der Waals surface area (Å²) in [6, 6.07) is 12.3. The van der Waals surface area contributed by atoms with Gasteiger partial charge in [-0.15, -0.1) is 0 Å². The molecule has 0 bridgehead atoms. The Bertz CT molecular complexity index is 938. The van der Waals surface area contributed by atoms with Gasteiger partial charge in [0.15, 0.2) is 0 Å². The molecule has 138 valence electrons. The van der Waals surface area contributed by atoms with Gasteiger partial charge in [-0.3, -0.25) is 9.59 Å². The van der Waals surface area contributed by atoms with Crippen LogP contribution in [0.4, 0.5) is 5.69 Å². The van der Waals surface area contributed by atoms with E-state index in [4.69, 9.17) is 0 Å². The number of rotatable bonds is 3. The topological polar surface area (TPSA) is 77.9 Å². The minimum atomic E-state index is -0.968. The molecule has 6 nitrogen and oxygen atoms in total. The average Bonchev–Trinajstić information content (AvgIpc) is 3.12. The van der Waals surface area contributed by atoms with Crippen LogP contribution in [0.5, 0.6) is 0 Å². The first-order valence-electron chi connectivity index (χ1n) is 9.08. The lowest BCUT2D eigenvalue weighted by Gasteiger charge is -2.29. The predicted octanol–water partition coefficient (Wildman–Crippen LogP) is 2.71. The number of nitrogens with zero attached hydrogens (tertiary/aromatic N) is 2.